The number of fused-ring (bicyclic) bond motifs is 1. The lowest BCUT2D eigenvalue weighted by Gasteiger charge is -2.54. The van der Waals surface area contributed by atoms with Crippen LogP contribution >= 0.6 is 0 Å². The molecule has 2 heterocycles. The van der Waals surface area contributed by atoms with Gasteiger partial charge in [0.05, 0.1) is 12.1 Å². The van der Waals surface area contributed by atoms with Gasteiger partial charge in [0, 0.05) is 19.0 Å². The van der Waals surface area contributed by atoms with Crippen LogP contribution in [-0.2, 0) is 33.7 Å². The molecule has 43 heavy (non-hydrogen) atoms. The number of hydrogen-bond acceptors (Lipinski definition) is 6. The Morgan fingerprint density at radius 1 is 0.977 bits per heavy atom. The maximum atomic E-state index is 13.8. The molecular formula is C31H40F3N5O4. The first-order valence-corrected chi connectivity index (χ1v) is 14.7. The minimum atomic E-state index is -4.54. The third-order valence-corrected chi connectivity index (χ3v) is 7.98. The van der Waals surface area contributed by atoms with Crippen molar-refractivity contribution in [2.24, 2.45) is 11.5 Å². The monoisotopic (exact) mass is 603 g/mol. The first-order chi connectivity index (χ1) is 20.5. The van der Waals surface area contributed by atoms with E-state index >= 15 is 0 Å². The van der Waals surface area contributed by atoms with Crippen LogP contribution in [0, 0.1) is 6.92 Å². The molecule has 2 aromatic carbocycles. The Morgan fingerprint density at radius 3 is 2.37 bits per heavy atom. The van der Waals surface area contributed by atoms with Crippen LogP contribution in [0.4, 0.5) is 18.0 Å². The zero-order valence-electron chi connectivity index (χ0n) is 24.4. The summed E-state index contributed by atoms with van der Waals surface area (Å²) in [5.74, 6) is -0.439. The van der Waals surface area contributed by atoms with Gasteiger partial charge in [-0.25, -0.2) is 4.79 Å². The summed E-state index contributed by atoms with van der Waals surface area (Å²) in [6.45, 7) is 2.32. The number of amides is 3. The molecule has 234 valence electrons. The number of benzene rings is 2. The van der Waals surface area contributed by atoms with Gasteiger partial charge in [0.2, 0.25) is 11.8 Å². The highest BCUT2D eigenvalue weighted by atomic mass is 19.4. The third kappa shape index (κ3) is 7.85. The minimum absolute atomic E-state index is 0.00390. The van der Waals surface area contributed by atoms with Crippen LogP contribution in [0.1, 0.15) is 60.8 Å². The van der Waals surface area contributed by atoms with Crippen LogP contribution in [0.5, 0.6) is 0 Å². The molecule has 2 aliphatic rings. The number of rotatable bonds is 11. The topological polar surface area (TPSA) is 122 Å². The molecule has 0 aliphatic carbocycles. The molecule has 0 aromatic heterocycles. The number of carbonyl (C=O) groups excluding carboxylic acids is 3. The summed E-state index contributed by atoms with van der Waals surface area (Å²) in [6, 6.07) is 11.7. The van der Waals surface area contributed by atoms with Gasteiger partial charge in [0.15, 0.2) is 0 Å². The second-order valence-electron chi connectivity index (χ2n) is 11.2. The number of ether oxygens (including phenoxy) is 1. The minimum Gasteiger partial charge on any atom is -0.444 e. The molecule has 0 bridgehead atoms. The zero-order valence-corrected chi connectivity index (χ0v) is 24.4. The number of hydrogen-bond donors (Lipinski definition) is 2. The summed E-state index contributed by atoms with van der Waals surface area (Å²) < 4.78 is 45.9. The third-order valence-electron chi connectivity index (χ3n) is 7.98. The van der Waals surface area contributed by atoms with Crippen molar-refractivity contribution in [1.82, 2.24) is 14.7 Å². The lowest BCUT2D eigenvalue weighted by atomic mass is 9.94. The number of alkyl halides is 3. The molecule has 0 spiro atoms. The molecule has 0 radical (unpaired) electrons. The van der Waals surface area contributed by atoms with Gasteiger partial charge >= 0.3 is 12.3 Å². The standard InChI is InChI=1S/C31H40F3N5O4/c1-21-14-23(16-24(15-21)31(32,33)34)20-43-30(42)38-25(10-5-6-12-35)17-28(40)39-26(11-7-13-36)29(41)37(19-27(38)39)18-22-8-3-2-4-9-22/h2-4,8-9,14-16,25-27H,5-7,10-13,17-20,35-36H2,1H3/t25?,26-,27?/m0/s1. The Balaban J connectivity index is 1.64. The fourth-order valence-corrected chi connectivity index (χ4v) is 6.01. The van der Waals surface area contributed by atoms with Crippen molar-refractivity contribution in [3.8, 4) is 0 Å². The van der Waals surface area contributed by atoms with Gasteiger partial charge in [-0.05, 0) is 69.0 Å². The van der Waals surface area contributed by atoms with E-state index in [1.807, 2.05) is 30.3 Å². The van der Waals surface area contributed by atoms with Gasteiger partial charge in [-0.2, -0.15) is 13.2 Å². The number of carbonyl (C=O) groups is 3. The van der Waals surface area contributed by atoms with Gasteiger partial charge in [-0.1, -0.05) is 48.4 Å². The summed E-state index contributed by atoms with van der Waals surface area (Å²) in [5, 5.41) is 0. The molecule has 2 aliphatic heterocycles. The quantitative estimate of drug-likeness (QED) is 0.372. The van der Waals surface area contributed by atoms with Crippen LogP contribution < -0.4 is 11.5 Å². The Morgan fingerprint density at radius 2 is 1.70 bits per heavy atom. The number of nitrogens with zero attached hydrogens (tertiary/aromatic N) is 3. The second kappa shape index (κ2) is 14.2. The summed E-state index contributed by atoms with van der Waals surface area (Å²) >= 11 is 0. The average molecular weight is 604 g/mol. The zero-order chi connectivity index (χ0) is 31.1. The van der Waals surface area contributed by atoms with Crippen molar-refractivity contribution in [2.75, 3.05) is 19.6 Å². The van der Waals surface area contributed by atoms with E-state index in [9.17, 15) is 27.6 Å². The number of unbranched alkanes of at least 4 members (excludes halogenated alkanes) is 1. The summed E-state index contributed by atoms with van der Waals surface area (Å²) in [4.78, 5) is 45.8. The Kier molecular flexibility index (Phi) is 10.7. The molecule has 4 rings (SSSR count). The van der Waals surface area contributed by atoms with Gasteiger partial charge in [0.25, 0.3) is 0 Å². The number of nitrogens with two attached hydrogens (primary N) is 2. The van der Waals surface area contributed by atoms with E-state index in [2.05, 4.69) is 0 Å². The van der Waals surface area contributed by atoms with Crippen LogP contribution in [0.3, 0.4) is 0 Å². The molecule has 2 unspecified atom stereocenters. The van der Waals surface area contributed by atoms with Crippen molar-refractivity contribution in [1.29, 1.82) is 0 Å². The first kappa shape index (κ1) is 32.3. The maximum absolute atomic E-state index is 13.8. The fourth-order valence-electron chi connectivity index (χ4n) is 6.01. The largest absolute Gasteiger partial charge is 0.444 e. The first-order valence-electron chi connectivity index (χ1n) is 14.7. The fraction of sp³-hybridized carbons (Fsp3) is 0.516. The predicted octanol–water partition coefficient (Wildman–Crippen LogP) is 4.16. The van der Waals surface area contributed by atoms with E-state index in [0.717, 1.165) is 17.7 Å². The molecule has 12 heteroatoms. The van der Waals surface area contributed by atoms with E-state index in [-0.39, 0.29) is 37.0 Å². The lowest BCUT2D eigenvalue weighted by Crippen LogP contribution is -2.73. The molecule has 2 saturated heterocycles. The summed E-state index contributed by atoms with van der Waals surface area (Å²) in [5.41, 5.74) is 12.1. The van der Waals surface area contributed by atoms with Crippen molar-refractivity contribution >= 4 is 17.9 Å². The molecular weight excluding hydrogens is 563 g/mol. The Hall–Kier alpha value is -3.64. The van der Waals surface area contributed by atoms with E-state index in [1.54, 1.807) is 11.8 Å². The van der Waals surface area contributed by atoms with Crippen LogP contribution in [-0.4, -0.2) is 70.5 Å². The average Bonchev–Trinajstić information content (AvgIpc) is 2.96. The van der Waals surface area contributed by atoms with Crippen molar-refractivity contribution in [2.45, 2.75) is 83.0 Å². The normalized spacial score (nSPS) is 20.8. The predicted molar refractivity (Wildman–Crippen MR) is 154 cm³/mol. The lowest BCUT2D eigenvalue weighted by molar-refractivity contribution is -0.173. The summed E-state index contributed by atoms with van der Waals surface area (Å²) in [6.07, 6.45) is -3.38. The van der Waals surface area contributed by atoms with E-state index in [1.165, 1.54) is 15.9 Å². The second-order valence-corrected chi connectivity index (χ2v) is 11.2. The van der Waals surface area contributed by atoms with Crippen LogP contribution in [0.15, 0.2) is 48.5 Å². The van der Waals surface area contributed by atoms with Crippen molar-refractivity contribution < 1.29 is 32.3 Å². The van der Waals surface area contributed by atoms with Crippen molar-refractivity contribution in [3.05, 3.63) is 70.8 Å². The SMILES string of the molecule is Cc1cc(COC(=O)N2C(CCCCN)CC(=O)N3C2CN(Cc2ccccc2)C(=O)[C@@H]3CCCN)cc(C(F)(F)F)c1. The molecule has 2 fully saturated rings. The van der Waals surface area contributed by atoms with Gasteiger partial charge in [-0.3, -0.25) is 14.5 Å². The Bertz CT molecular complexity index is 1280. The molecule has 4 N–H and O–H groups in total. The van der Waals surface area contributed by atoms with Crippen LogP contribution in [0.2, 0.25) is 0 Å². The number of piperazine rings is 1. The highest BCUT2D eigenvalue weighted by Crippen LogP contribution is 2.34. The summed E-state index contributed by atoms with van der Waals surface area (Å²) in [7, 11) is 0. The molecule has 3 amide bonds. The molecule has 3 atom stereocenters. The molecule has 2 aromatic rings. The van der Waals surface area contributed by atoms with Gasteiger partial charge in [-0.15, -0.1) is 0 Å². The maximum Gasteiger partial charge on any atom is 0.416 e. The van der Waals surface area contributed by atoms with E-state index < -0.39 is 36.1 Å². The smallest absolute Gasteiger partial charge is 0.416 e. The van der Waals surface area contributed by atoms with Crippen molar-refractivity contribution in [3.63, 3.8) is 0 Å². The molecule has 0 saturated carbocycles. The molecule has 9 nitrogen and oxygen atoms in total. The van der Waals surface area contributed by atoms with Gasteiger partial charge < -0.3 is 26.0 Å². The highest BCUT2D eigenvalue weighted by Gasteiger charge is 2.51. The highest BCUT2D eigenvalue weighted by molar-refractivity contribution is 5.91. The van der Waals surface area contributed by atoms with Crippen LogP contribution in [0.25, 0.3) is 0 Å². The van der Waals surface area contributed by atoms with E-state index in [0.29, 0.717) is 57.3 Å². The Labute approximate surface area is 249 Å². The van der Waals surface area contributed by atoms with Gasteiger partial charge in [0.1, 0.15) is 18.8 Å². The number of halogens is 3. The number of aryl methyl sites for hydroxylation is 1. The van der Waals surface area contributed by atoms with E-state index in [4.69, 9.17) is 16.2 Å².